The minimum atomic E-state index is -5.06. The molecule has 0 aliphatic rings. The van der Waals surface area contributed by atoms with Gasteiger partial charge >= 0.3 is 24.9 Å². The SMILES string of the molecule is Cc1ccc([N+](=O)[O-])c(OP(=O)(Oc2cc(C)ccc2[N+](=O)[O-])Oc2cc(C)ccc2[N+](=O)[O-])c1. The van der Waals surface area contributed by atoms with E-state index in [1.54, 1.807) is 20.8 Å². The quantitative estimate of drug-likeness (QED) is 0.192. The van der Waals surface area contributed by atoms with E-state index in [9.17, 15) is 34.9 Å². The molecule has 13 nitrogen and oxygen atoms in total. The zero-order valence-corrected chi connectivity index (χ0v) is 19.5. The highest BCUT2D eigenvalue weighted by atomic mass is 31.2. The monoisotopic (exact) mass is 503 g/mol. The molecule has 0 atom stereocenters. The Morgan fingerprint density at radius 1 is 0.571 bits per heavy atom. The summed E-state index contributed by atoms with van der Waals surface area (Å²) in [6.45, 7) is 4.75. The zero-order chi connectivity index (χ0) is 25.9. The van der Waals surface area contributed by atoms with Gasteiger partial charge in [0.1, 0.15) is 0 Å². The first kappa shape index (κ1) is 25.1. The van der Waals surface area contributed by atoms with Gasteiger partial charge in [0.25, 0.3) is 0 Å². The molecule has 0 fully saturated rings. The molecule has 3 rings (SSSR count). The predicted octanol–water partition coefficient (Wildman–Crippen LogP) is 5.98. The number of phosphoric acid groups is 1. The van der Waals surface area contributed by atoms with E-state index in [2.05, 4.69) is 0 Å². The molecule has 0 bridgehead atoms. The van der Waals surface area contributed by atoms with Crippen LogP contribution in [0.15, 0.2) is 54.6 Å². The van der Waals surface area contributed by atoms with Crippen LogP contribution < -0.4 is 13.6 Å². The molecule has 0 radical (unpaired) electrons. The Kier molecular flexibility index (Phi) is 7.01. The third-order valence-electron chi connectivity index (χ3n) is 4.57. The molecular weight excluding hydrogens is 485 g/mol. The summed E-state index contributed by atoms with van der Waals surface area (Å²) in [6, 6.07) is 11.1. The van der Waals surface area contributed by atoms with Crippen molar-refractivity contribution in [1.29, 1.82) is 0 Å². The minimum Gasteiger partial charge on any atom is -0.379 e. The van der Waals surface area contributed by atoms with E-state index in [0.717, 1.165) is 18.2 Å². The third kappa shape index (κ3) is 5.89. The maximum absolute atomic E-state index is 13.8. The molecule has 35 heavy (non-hydrogen) atoms. The Morgan fingerprint density at radius 2 is 0.829 bits per heavy atom. The zero-order valence-electron chi connectivity index (χ0n) is 18.6. The van der Waals surface area contributed by atoms with E-state index in [0.29, 0.717) is 16.7 Å². The summed E-state index contributed by atoms with van der Waals surface area (Å²) in [4.78, 5) is 32.1. The van der Waals surface area contributed by atoms with Crippen molar-refractivity contribution in [2.75, 3.05) is 0 Å². The highest BCUT2D eigenvalue weighted by molar-refractivity contribution is 7.49. The van der Waals surface area contributed by atoms with Gasteiger partial charge in [0.05, 0.1) is 14.8 Å². The fourth-order valence-corrected chi connectivity index (χ4v) is 4.23. The first-order valence-corrected chi connectivity index (χ1v) is 11.3. The molecular formula is C21H18N3O10P. The van der Waals surface area contributed by atoms with Gasteiger partial charge in [0.15, 0.2) is 0 Å². The average molecular weight is 503 g/mol. The first-order chi connectivity index (χ1) is 16.4. The van der Waals surface area contributed by atoms with E-state index in [1.807, 2.05) is 0 Å². The van der Waals surface area contributed by atoms with Gasteiger partial charge in [-0.15, -0.1) is 0 Å². The molecule has 0 N–H and O–H groups in total. The molecule has 0 amide bonds. The molecule has 0 aromatic heterocycles. The van der Waals surface area contributed by atoms with Crippen LogP contribution in [0.3, 0.4) is 0 Å². The van der Waals surface area contributed by atoms with Crippen LogP contribution in [0.2, 0.25) is 0 Å². The Balaban J connectivity index is 2.18. The second-order valence-electron chi connectivity index (χ2n) is 7.41. The van der Waals surface area contributed by atoms with Crippen LogP contribution in [-0.4, -0.2) is 14.8 Å². The van der Waals surface area contributed by atoms with Gasteiger partial charge in [-0.25, -0.2) is 0 Å². The second kappa shape index (κ2) is 9.77. The van der Waals surface area contributed by atoms with Gasteiger partial charge in [0, 0.05) is 18.2 Å². The van der Waals surface area contributed by atoms with Gasteiger partial charge in [-0.3, -0.25) is 30.3 Å². The molecule has 0 saturated carbocycles. The summed E-state index contributed by atoms with van der Waals surface area (Å²) >= 11 is 0. The summed E-state index contributed by atoms with van der Waals surface area (Å²) in [5, 5.41) is 34.5. The molecule has 0 spiro atoms. The largest absolute Gasteiger partial charge is 0.647 e. The molecule has 3 aromatic rings. The number of rotatable bonds is 9. The normalized spacial score (nSPS) is 10.9. The molecule has 0 saturated heterocycles. The van der Waals surface area contributed by atoms with Crippen LogP contribution >= 0.6 is 7.82 Å². The van der Waals surface area contributed by atoms with Crippen LogP contribution in [0.25, 0.3) is 0 Å². The summed E-state index contributed by atoms with van der Waals surface area (Å²) in [6.07, 6.45) is 0. The van der Waals surface area contributed by atoms with E-state index in [-0.39, 0.29) is 0 Å². The number of hydrogen-bond donors (Lipinski definition) is 0. The van der Waals surface area contributed by atoms with Crippen molar-refractivity contribution in [1.82, 2.24) is 0 Å². The van der Waals surface area contributed by atoms with Crippen LogP contribution in [0.5, 0.6) is 17.2 Å². The van der Waals surface area contributed by atoms with Gasteiger partial charge in [-0.05, 0) is 55.7 Å². The Morgan fingerprint density at radius 3 is 1.06 bits per heavy atom. The smallest absolute Gasteiger partial charge is 0.379 e. The molecule has 182 valence electrons. The maximum Gasteiger partial charge on any atom is 0.647 e. The standard InChI is InChI=1S/C21H18N3O10P/c1-13-4-7-16(22(25)26)19(10-13)32-35(31,33-20-11-14(2)5-8-17(20)23(27)28)34-21-12-15(3)6-9-18(21)24(29)30/h4-12H,1-3H3. The summed E-state index contributed by atoms with van der Waals surface area (Å²) in [5.41, 5.74) is -0.331. The van der Waals surface area contributed by atoms with Crippen molar-refractivity contribution in [2.24, 2.45) is 0 Å². The lowest BCUT2D eigenvalue weighted by Crippen LogP contribution is -2.10. The fraction of sp³-hybridized carbons (Fsp3) is 0.143. The van der Waals surface area contributed by atoms with Crippen LogP contribution in [0.1, 0.15) is 16.7 Å². The van der Waals surface area contributed by atoms with Crippen molar-refractivity contribution < 1.29 is 32.9 Å². The Labute approximate surface area is 197 Å². The fourth-order valence-electron chi connectivity index (χ4n) is 2.95. The van der Waals surface area contributed by atoms with Crippen LogP contribution in [0.4, 0.5) is 17.1 Å². The number of phosphoric ester groups is 1. The molecule has 0 heterocycles. The van der Waals surface area contributed by atoms with Crippen LogP contribution in [0, 0.1) is 51.1 Å². The van der Waals surface area contributed by atoms with Gasteiger partial charge in [-0.1, -0.05) is 18.2 Å². The van der Waals surface area contributed by atoms with Crippen molar-refractivity contribution in [3.8, 4) is 17.2 Å². The summed E-state index contributed by atoms with van der Waals surface area (Å²) in [7, 11) is -5.06. The molecule has 0 aliphatic carbocycles. The lowest BCUT2D eigenvalue weighted by molar-refractivity contribution is -0.385. The van der Waals surface area contributed by atoms with Gasteiger partial charge in [-0.2, -0.15) is 4.57 Å². The number of nitro benzene ring substituents is 3. The van der Waals surface area contributed by atoms with Gasteiger partial charge < -0.3 is 13.6 Å². The Bertz CT molecular complexity index is 1230. The van der Waals surface area contributed by atoms with E-state index < -0.39 is 56.9 Å². The van der Waals surface area contributed by atoms with Crippen molar-refractivity contribution in [3.63, 3.8) is 0 Å². The lowest BCUT2D eigenvalue weighted by atomic mass is 10.2. The van der Waals surface area contributed by atoms with Crippen molar-refractivity contribution >= 4 is 24.9 Å². The van der Waals surface area contributed by atoms with Crippen molar-refractivity contribution in [3.05, 3.63) is 102 Å². The molecule has 0 aliphatic heterocycles. The molecule has 14 heteroatoms. The predicted molar refractivity (Wildman–Crippen MR) is 123 cm³/mol. The van der Waals surface area contributed by atoms with E-state index >= 15 is 0 Å². The number of nitrogens with zero attached hydrogens (tertiary/aromatic N) is 3. The van der Waals surface area contributed by atoms with Crippen molar-refractivity contribution in [2.45, 2.75) is 20.8 Å². The number of benzene rings is 3. The molecule has 0 unspecified atom stereocenters. The number of aryl methyl sites for hydroxylation is 3. The van der Waals surface area contributed by atoms with E-state index in [4.69, 9.17) is 13.6 Å². The number of hydrogen-bond acceptors (Lipinski definition) is 10. The van der Waals surface area contributed by atoms with E-state index in [1.165, 1.54) is 36.4 Å². The molecule has 3 aromatic carbocycles. The lowest BCUT2D eigenvalue weighted by Gasteiger charge is -2.19. The third-order valence-corrected chi connectivity index (χ3v) is 5.83. The highest BCUT2D eigenvalue weighted by Gasteiger charge is 2.40. The van der Waals surface area contributed by atoms with Gasteiger partial charge in [0.2, 0.25) is 17.2 Å². The Hall–Kier alpha value is -4.51. The topological polar surface area (TPSA) is 174 Å². The van der Waals surface area contributed by atoms with Crippen LogP contribution in [-0.2, 0) is 4.57 Å². The second-order valence-corrected chi connectivity index (χ2v) is 8.85. The average Bonchev–Trinajstić information content (AvgIpc) is 2.72. The number of nitro groups is 3. The summed E-state index contributed by atoms with van der Waals surface area (Å²) < 4.78 is 29.9. The minimum absolute atomic E-state index is 0.486. The maximum atomic E-state index is 13.8. The first-order valence-electron chi connectivity index (χ1n) is 9.82. The summed E-state index contributed by atoms with van der Waals surface area (Å²) in [5.74, 6) is -1.57. The highest BCUT2D eigenvalue weighted by Crippen LogP contribution is 2.54.